The average Bonchev–Trinajstić information content (AvgIpc) is 3.14. The van der Waals surface area contributed by atoms with E-state index in [0.717, 1.165) is 0 Å². The quantitative estimate of drug-likeness (QED) is 0.688. The van der Waals surface area contributed by atoms with Gasteiger partial charge < -0.3 is 19.7 Å². The lowest BCUT2D eigenvalue weighted by molar-refractivity contribution is 0.0648. The molecular formula is C19H17N3O5. The highest BCUT2D eigenvalue weighted by Gasteiger charge is 2.28. The first-order valence-corrected chi connectivity index (χ1v) is 8.10. The molecule has 3 rings (SSSR count). The summed E-state index contributed by atoms with van der Waals surface area (Å²) in [6.07, 6.45) is 1.50. The number of nitrogens with one attached hydrogen (secondary N) is 1. The second-order valence-electron chi connectivity index (χ2n) is 5.72. The molecule has 0 aliphatic carbocycles. The van der Waals surface area contributed by atoms with Crippen molar-refractivity contribution in [2.75, 3.05) is 7.11 Å². The first kappa shape index (κ1) is 18.1. The van der Waals surface area contributed by atoms with E-state index in [4.69, 9.17) is 9.26 Å². The molecule has 2 N–H and O–H groups in total. The van der Waals surface area contributed by atoms with Crippen LogP contribution < -0.4 is 10.1 Å². The third kappa shape index (κ3) is 3.79. The Bertz CT molecular complexity index is 951. The van der Waals surface area contributed by atoms with Gasteiger partial charge in [0.1, 0.15) is 17.1 Å². The minimum atomic E-state index is -1.27. The summed E-state index contributed by atoms with van der Waals surface area (Å²) in [6.45, 7) is 1.66. The van der Waals surface area contributed by atoms with E-state index < -0.39 is 17.9 Å². The zero-order valence-electron chi connectivity index (χ0n) is 14.7. The van der Waals surface area contributed by atoms with Crippen LogP contribution in [0.2, 0.25) is 0 Å². The van der Waals surface area contributed by atoms with Crippen LogP contribution in [0, 0.1) is 0 Å². The lowest BCUT2D eigenvalue weighted by Gasteiger charge is -2.14. The molecule has 0 spiro atoms. The van der Waals surface area contributed by atoms with E-state index in [1.54, 1.807) is 56.5 Å². The van der Waals surface area contributed by atoms with Crippen molar-refractivity contribution in [3.8, 4) is 17.0 Å². The lowest BCUT2D eigenvalue weighted by Crippen LogP contribution is -2.28. The third-order valence-corrected chi connectivity index (χ3v) is 3.96. The number of methoxy groups -OCH3 is 1. The van der Waals surface area contributed by atoms with Gasteiger partial charge in [0.15, 0.2) is 0 Å². The van der Waals surface area contributed by atoms with Gasteiger partial charge in [-0.15, -0.1) is 0 Å². The Balaban J connectivity index is 1.95. The van der Waals surface area contributed by atoms with E-state index in [9.17, 15) is 14.7 Å². The van der Waals surface area contributed by atoms with Gasteiger partial charge in [-0.25, -0.2) is 4.79 Å². The van der Waals surface area contributed by atoms with Crippen LogP contribution in [0.25, 0.3) is 11.3 Å². The summed E-state index contributed by atoms with van der Waals surface area (Å²) in [4.78, 5) is 27.9. The number of carbonyl (C=O) groups excluding carboxylic acids is 1. The lowest BCUT2D eigenvalue weighted by atomic mass is 10.00. The maximum Gasteiger partial charge on any atom is 0.375 e. The third-order valence-electron chi connectivity index (χ3n) is 3.96. The first-order valence-electron chi connectivity index (χ1n) is 8.10. The molecule has 8 heteroatoms. The summed E-state index contributed by atoms with van der Waals surface area (Å²) in [5, 5.41) is 16.1. The molecule has 1 amide bonds. The van der Waals surface area contributed by atoms with Crippen molar-refractivity contribution in [3.63, 3.8) is 0 Å². The molecule has 3 aromatic rings. The summed E-state index contributed by atoms with van der Waals surface area (Å²) < 4.78 is 10.2. The van der Waals surface area contributed by atoms with E-state index in [2.05, 4.69) is 15.5 Å². The van der Waals surface area contributed by atoms with E-state index in [1.165, 1.54) is 6.20 Å². The largest absolute Gasteiger partial charge is 0.497 e. The van der Waals surface area contributed by atoms with Crippen LogP contribution in [-0.2, 0) is 0 Å². The number of hydrogen-bond donors (Lipinski definition) is 2. The molecule has 2 aromatic heterocycles. The van der Waals surface area contributed by atoms with Gasteiger partial charge in [0, 0.05) is 11.8 Å². The van der Waals surface area contributed by atoms with Gasteiger partial charge >= 0.3 is 5.97 Å². The molecule has 1 unspecified atom stereocenters. The highest BCUT2D eigenvalue weighted by Crippen LogP contribution is 2.31. The van der Waals surface area contributed by atoms with Crippen LogP contribution in [0.5, 0.6) is 5.75 Å². The Kier molecular flexibility index (Phi) is 5.16. The van der Waals surface area contributed by atoms with E-state index >= 15 is 0 Å². The molecule has 0 aliphatic rings. The molecule has 0 aliphatic heterocycles. The summed E-state index contributed by atoms with van der Waals surface area (Å²) in [7, 11) is 1.55. The number of carboxylic acid groups (broad SMARTS) is 1. The molecule has 1 aromatic carbocycles. The maximum absolute atomic E-state index is 12.4. The van der Waals surface area contributed by atoms with Crippen LogP contribution in [0.3, 0.4) is 0 Å². The molecule has 0 bridgehead atoms. The predicted octanol–water partition coefficient (Wildman–Crippen LogP) is 2.93. The summed E-state index contributed by atoms with van der Waals surface area (Å²) in [5.74, 6) is -1.37. The van der Waals surface area contributed by atoms with Gasteiger partial charge in [-0.1, -0.05) is 11.2 Å². The molecule has 0 radical (unpaired) electrons. The minimum absolute atomic E-state index is 0.226. The van der Waals surface area contributed by atoms with Crippen molar-refractivity contribution >= 4 is 11.9 Å². The standard InChI is InChI=1S/C19H17N3O5/c1-11(21-18(23)14-5-3-4-10-20-14)15-16(22-27-17(15)19(24)25)12-6-8-13(26-2)9-7-12/h3-11H,1-2H3,(H,21,23)(H,24,25). The molecule has 8 nitrogen and oxygen atoms in total. The Morgan fingerprint density at radius 1 is 1.19 bits per heavy atom. The number of amides is 1. The van der Waals surface area contributed by atoms with Gasteiger partial charge in [0.25, 0.3) is 5.91 Å². The van der Waals surface area contributed by atoms with Gasteiger partial charge in [0.05, 0.1) is 18.7 Å². The highest BCUT2D eigenvalue weighted by atomic mass is 16.5. The van der Waals surface area contributed by atoms with Crippen LogP contribution in [0.15, 0.2) is 53.2 Å². The Morgan fingerprint density at radius 2 is 1.93 bits per heavy atom. The monoisotopic (exact) mass is 367 g/mol. The fourth-order valence-corrected chi connectivity index (χ4v) is 2.65. The van der Waals surface area contributed by atoms with Gasteiger partial charge in [0.2, 0.25) is 5.76 Å². The minimum Gasteiger partial charge on any atom is -0.497 e. The number of carbonyl (C=O) groups is 2. The number of ether oxygens (including phenoxy) is 1. The number of hydrogen-bond acceptors (Lipinski definition) is 6. The Morgan fingerprint density at radius 3 is 2.52 bits per heavy atom. The van der Waals surface area contributed by atoms with Crippen molar-refractivity contribution < 1.29 is 24.0 Å². The van der Waals surface area contributed by atoms with Crippen LogP contribution in [0.1, 0.15) is 39.6 Å². The van der Waals surface area contributed by atoms with Crippen molar-refractivity contribution in [1.29, 1.82) is 0 Å². The first-order chi connectivity index (χ1) is 13.0. The van der Waals surface area contributed by atoms with E-state index in [-0.39, 0.29) is 17.0 Å². The number of aromatic carboxylic acids is 1. The molecule has 27 heavy (non-hydrogen) atoms. The molecule has 0 saturated heterocycles. The van der Waals surface area contributed by atoms with Crippen molar-refractivity contribution in [2.24, 2.45) is 0 Å². The molecular weight excluding hydrogens is 350 g/mol. The second kappa shape index (κ2) is 7.69. The smallest absolute Gasteiger partial charge is 0.375 e. The van der Waals surface area contributed by atoms with Gasteiger partial charge in [-0.3, -0.25) is 9.78 Å². The highest BCUT2D eigenvalue weighted by molar-refractivity contribution is 5.93. The number of nitrogens with zero attached hydrogens (tertiary/aromatic N) is 2. The normalized spacial score (nSPS) is 11.6. The van der Waals surface area contributed by atoms with Gasteiger partial charge in [-0.05, 0) is 43.3 Å². The SMILES string of the molecule is COc1ccc(-c2noc(C(=O)O)c2C(C)NC(=O)c2ccccn2)cc1. The van der Waals surface area contributed by atoms with E-state index in [0.29, 0.717) is 17.0 Å². The van der Waals surface area contributed by atoms with Crippen LogP contribution in [0.4, 0.5) is 0 Å². The number of aromatic nitrogens is 2. The summed E-state index contributed by atoms with van der Waals surface area (Å²) >= 11 is 0. The fourth-order valence-electron chi connectivity index (χ4n) is 2.65. The molecule has 0 saturated carbocycles. The zero-order valence-corrected chi connectivity index (χ0v) is 14.7. The van der Waals surface area contributed by atoms with Crippen LogP contribution in [-0.4, -0.2) is 34.2 Å². The van der Waals surface area contributed by atoms with Crippen LogP contribution >= 0.6 is 0 Å². The average molecular weight is 367 g/mol. The fraction of sp³-hybridized carbons (Fsp3) is 0.158. The summed E-state index contributed by atoms with van der Waals surface area (Å²) in [6, 6.07) is 11.2. The van der Waals surface area contributed by atoms with E-state index in [1.807, 2.05) is 0 Å². The molecule has 138 valence electrons. The van der Waals surface area contributed by atoms with Gasteiger partial charge in [-0.2, -0.15) is 0 Å². The predicted molar refractivity (Wildman–Crippen MR) is 95.6 cm³/mol. The molecule has 1 atom stereocenters. The molecule has 0 fully saturated rings. The number of benzene rings is 1. The Hall–Kier alpha value is -3.68. The number of pyridine rings is 1. The maximum atomic E-state index is 12.4. The van der Waals surface area contributed by atoms with Crippen molar-refractivity contribution in [1.82, 2.24) is 15.5 Å². The molecule has 2 heterocycles. The number of carboxylic acids is 1. The Labute approximate surface area is 154 Å². The zero-order chi connectivity index (χ0) is 19.4. The van der Waals surface area contributed by atoms with Crippen molar-refractivity contribution in [3.05, 3.63) is 65.7 Å². The number of rotatable bonds is 6. The summed E-state index contributed by atoms with van der Waals surface area (Å²) in [5.41, 5.74) is 1.48. The second-order valence-corrected chi connectivity index (χ2v) is 5.72. The topological polar surface area (TPSA) is 115 Å². The van der Waals surface area contributed by atoms with Crippen molar-refractivity contribution in [2.45, 2.75) is 13.0 Å².